The minimum Gasteiger partial charge on any atom is -0.370 e. The van der Waals surface area contributed by atoms with Gasteiger partial charge in [0, 0.05) is 12.8 Å². The van der Waals surface area contributed by atoms with Gasteiger partial charge in [0.05, 0.1) is 6.54 Å². The lowest BCUT2D eigenvalue weighted by molar-refractivity contribution is 0.488. The second-order valence-electron chi connectivity index (χ2n) is 5.74. The third kappa shape index (κ3) is 8.14. The van der Waals surface area contributed by atoms with E-state index in [1.807, 2.05) is 24.4 Å². The van der Waals surface area contributed by atoms with Crippen LogP contribution in [0.3, 0.4) is 0 Å². The summed E-state index contributed by atoms with van der Waals surface area (Å²) in [5.41, 5.74) is 1.19. The highest BCUT2D eigenvalue weighted by Crippen LogP contribution is 2.45. The van der Waals surface area contributed by atoms with Crippen LogP contribution in [-0.2, 0) is 15.3 Å². The van der Waals surface area contributed by atoms with Crippen LogP contribution in [0.1, 0.15) is 12.0 Å². The van der Waals surface area contributed by atoms with E-state index in [1.165, 1.54) is 5.56 Å². The van der Waals surface area contributed by atoms with E-state index in [2.05, 4.69) is 36.8 Å². The lowest BCUT2D eigenvalue weighted by Crippen LogP contribution is -2.24. The minimum absolute atomic E-state index is 0.579. The lowest BCUT2D eigenvalue weighted by Gasteiger charge is -2.23. The molecule has 0 radical (unpaired) electrons. The Morgan fingerprint density at radius 2 is 1.89 bits per heavy atom. The maximum atomic E-state index is 12.2. The molecule has 0 fully saturated rings. The Balaban J connectivity index is 2.32. The predicted octanol–water partition coefficient (Wildman–Crippen LogP) is 4.41. The second-order valence-corrected chi connectivity index (χ2v) is 13.2. The van der Waals surface area contributed by atoms with Crippen LogP contribution < -0.4 is 0 Å². The van der Waals surface area contributed by atoms with Crippen molar-refractivity contribution in [2.24, 2.45) is 4.99 Å². The van der Waals surface area contributed by atoms with E-state index in [0.717, 1.165) is 0 Å². The summed E-state index contributed by atoms with van der Waals surface area (Å²) in [5.74, 6) is 0. The molecule has 0 aliphatic carbocycles. The van der Waals surface area contributed by atoms with Crippen LogP contribution in [0.2, 0.25) is 19.6 Å². The summed E-state index contributed by atoms with van der Waals surface area (Å²) in [4.78, 5) is 4.35. The van der Waals surface area contributed by atoms with Crippen LogP contribution in [0, 0.1) is 0 Å². The molecular weight excluding hydrogens is 273 g/mol. The Labute approximate surface area is 117 Å². The molecule has 106 valence electrons. The highest BCUT2D eigenvalue weighted by molar-refractivity contribution is 7.59. The number of nitrogens with zero attached hydrogens (tertiary/aromatic N) is 1. The summed E-state index contributed by atoms with van der Waals surface area (Å²) in [7, 11) is -4.18. The van der Waals surface area contributed by atoms with Gasteiger partial charge in [-0.3, -0.25) is 9.56 Å². The quantitative estimate of drug-likeness (QED) is 0.425. The van der Waals surface area contributed by atoms with Gasteiger partial charge in [0.25, 0.3) is 0 Å². The third-order valence-electron chi connectivity index (χ3n) is 2.38. The summed E-state index contributed by atoms with van der Waals surface area (Å²) in [6.07, 6.45) is 3.15. The molecule has 0 amide bonds. The minimum atomic E-state index is -2.46. The van der Waals surface area contributed by atoms with Crippen LogP contribution in [0.5, 0.6) is 0 Å². The second kappa shape index (κ2) is 7.18. The molecule has 0 heterocycles. The Morgan fingerprint density at radius 3 is 2.47 bits per heavy atom. The molecule has 1 aromatic carbocycles. The van der Waals surface area contributed by atoms with Crippen molar-refractivity contribution in [3.63, 3.8) is 0 Å². The molecule has 1 atom stereocenters. The van der Waals surface area contributed by atoms with E-state index in [4.69, 9.17) is 4.21 Å². The number of benzene rings is 1. The highest BCUT2D eigenvalue weighted by atomic mass is 31.2. The number of hydrogen-bond donors (Lipinski definition) is 0. The van der Waals surface area contributed by atoms with Crippen molar-refractivity contribution in [2.45, 2.75) is 32.6 Å². The zero-order valence-electron chi connectivity index (χ0n) is 12.3. The molecule has 0 saturated carbocycles. The molecule has 5 heteroatoms. The average Bonchev–Trinajstić information content (AvgIpc) is 2.26. The fourth-order valence-electron chi connectivity index (χ4n) is 1.76. The molecule has 19 heavy (non-hydrogen) atoms. The Hall–Kier alpha value is -0.703. The number of aliphatic imine (C=N–C) groups is 1. The maximum absolute atomic E-state index is 12.2. The topological polar surface area (TPSA) is 38.7 Å². The van der Waals surface area contributed by atoms with Gasteiger partial charge in [-0.2, -0.15) is 0 Å². The van der Waals surface area contributed by atoms with E-state index in [-0.39, 0.29) is 0 Å². The molecule has 1 aromatic rings. The van der Waals surface area contributed by atoms with Crippen molar-refractivity contribution in [3.8, 4) is 0 Å². The Bertz CT molecular complexity index is 454. The summed E-state index contributed by atoms with van der Waals surface area (Å²) in [6.45, 7) is 8.60. The Morgan fingerprint density at radius 1 is 1.26 bits per heavy atom. The zero-order chi connectivity index (χ0) is 14.4. The molecular formula is C14H24NO2PSi. The van der Waals surface area contributed by atoms with Crippen LogP contribution in [0.15, 0.2) is 35.3 Å². The normalized spacial score (nSPS) is 15.6. The standard InChI is InChI=1S/C14H24NO2PSi/c1-18(16,17-19(2,3)4)12-8-11-15-13-14-9-6-5-7-10-14/h5-7,9-11H,8,12-13H2,1-4H3. The molecule has 1 unspecified atom stereocenters. The molecule has 1 rings (SSSR count). The number of rotatable bonds is 7. The van der Waals surface area contributed by atoms with Gasteiger partial charge >= 0.3 is 0 Å². The molecule has 0 aliphatic rings. The van der Waals surface area contributed by atoms with Gasteiger partial charge in [-0.05, 0) is 37.8 Å². The van der Waals surface area contributed by atoms with Gasteiger partial charge in [-0.1, -0.05) is 30.3 Å². The first-order valence-corrected chi connectivity index (χ1v) is 12.2. The van der Waals surface area contributed by atoms with E-state index in [0.29, 0.717) is 19.1 Å². The monoisotopic (exact) mass is 297 g/mol. The van der Waals surface area contributed by atoms with Gasteiger partial charge in [-0.25, -0.2) is 0 Å². The van der Waals surface area contributed by atoms with E-state index < -0.39 is 15.7 Å². The molecule has 0 saturated heterocycles. The van der Waals surface area contributed by atoms with Crippen molar-refractivity contribution in [1.29, 1.82) is 0 Å². The summed E-state index contributed by atoms with van der Waals surface area (Å²) in [6, 6.07) is 10.1. The SMILES string of the molecule is C[Si](C)(C)OP(C)(=O)CCC=NCc1ccccc1. The van der Waals surface area contributed by atoms with Gasteiger partial charge in [-0.15, -0.1) is 0 Å². The zero-order valence-corrected chi connectivity index (χ0v) is 14.2. The maximum Gasteiger partial charge on any atom is 0.192 e. The van der Waals surface area contributed by atoms with Crippen molar-refractivity contribution in [2.75, 3.05) is 12.8 Å². The smallest absolute Gasteiger partial charge is 0.192 e. The van der Waals surface area contributed by atoms with Crippen molar-refractivity contribution in [1.82, 2.24) is 0 Å². The van der Waals surface area contributed by atoms with Crippen LogP contribution in [0.4, 0.5) is 0 Å². The van der Waals surface area contributed by atoms with E-state index >= 15 is 0 Å². The molecule has 0 aliphatic heterocycles. The van der Waals surface area contributed by atoms with Gasteiger partial charge < -0.3 is 4.21 Å². The van der Waals surface area contributed by atoms with Gasteiger partial charge in [0.15, 0.2) is 15.7 Å². The van der Waals surface area contributed by atoms with Crippen LogP contribution in [0.25, 0.3) is 0 Å². The molecule has 0 N–H and O–H groups in total. The van der Waals surface area contributed by atoms with Crippen LogP contribution >= 0.6 is 7.37 Å². The molecule has 0 spiro atoms. The van der Waals surface area contributed by atoms with Gasteiger partial charge in [0.1, 0.15) is 0 Å². The summed E-state index contributed by atoms with van der Waals surface area (Å²) in [5, 5.41) is 0. The number of hydrogen-bond acceptors (Lipinski definition) is 3. The first-order valence-electron chi connectivity index (χ1n) is 6.58. The average molecular weight is 297 g/mol. The van der Waals surface area contributed by atoms with Crippen molar-refractivity contribution >= 4 is 21.9 Å². The largest absolute Gasteiger partial charge is 0.370 e. The van der Waals surface area contributed by atoms with Gasteiger partial charge in [0.2, 0.25) is 0 Å². The van der Waals surface area contributed by atoms with Crippen LogP contribution in [-0.4, -0.2) is 27.4 Å². The van der Waals surface area contributed by atoms with E-state index in [1.54, 1.807) is 6.66 Å². The predicted molar refractivity (Wildman–Crippen MR) is 86.1 cm³/mol. The first-order chi connectivity index (χ1) is 8.79. The molecule has 0 aromatic heterocycles. The Kier molecular flexibility index (Phi) is 6.18. The lowest BCUT2D eigenvalue weighted by atomic mass is 10.2. The van der Waals surface area contributed by atoms with Crippen molar-refractivity contribution in [3.05, 3.63) is 35.9 Å². The molecule has 3 nitrogen and oxygen atoms in total. The van der Waals surface area contributed by atoms with Crippen molar-refractivity contribution < 1.29 is 8.78 Å². The fourth-order valence-corrected chi connectivity index (χ4v) is 7.35. The first kappa shape index (κ1) is 16.4. The fraction of sp³-hybridized carbons (Fsp3) is 0.500. The third-order valence-corrected chi connectivity index (χ3v) is 7.18. The summed E-state index contributed by atoms with van der Waals surface area (Å²) >= 11 is 0. The van der Waals surface area contributed by atoms with E-state index in [9.17, 15) is 4.57 Å². The summed E-state index contributed by atoms with van der Waals surface area (Å²) < 4.78 is 17.9. The molecule has 0 bridgehead atoms. The highest BCUT2D eigenvalue weighted by Gasteiger charge is 2.25.